The van der Waals surface area contributed by atoms with Crippen molar-refractivity contribution in [3.8, 4) is 0 Å². The Bertz CT molecular complexity index is 1070. The van der Waals surface area contributed by atoms with Crippen molar-refractivity contribution < 1.29 is 24.3 Å². The van der Waals surface area contributed by atoms with Gasteiger partial charge in [0, 0.05) is 18.9 Å². The van der Waals surface area contributed by atoms with Crippen LogP contribution in [0.3, 0.4) is 0 Å². The van der Waals surface area contributed by atoms with E-state index in [1.54, 1.807) is 23.4 Å². The van der Waals surface area contributed by atoms with Crippen molar-refractivity contribution in [3.63, 3.8) is 0 Å². The van der Waals surface area contributed by atoms with Crippen LogP contribution in [0.2, 0.25) is 0 Å². The number of hydrogen-bond acceptors (Lipinski definition) is 7. The predicted octanol–water partition coefficient (Wildman–Crippen LogP) is 2.13. The summed E-state index contributed by atoms with van der Waals surface area (Å²) in [6.07, 6.45) is 11.4. The summed E-state index contributed by atoms with van der Waals surface area (Å²) >= 11 is 0. The van der Waals surface area contributed by atoms with Crippen LogP contribution in [0.4, 0.5) is 0 Å². The first-order valence-corrected chi connectivity index (χ1v) is 14.5. The number of amides is 3. The molecule has 3 amide bonds. The monoisotopic (exact) mass is 544 g/mol. The molecule has 2 aliphatic carbocycles. The third-order valence-electron chi connectivity index (χ3n) is 8.97. The Kier molecular flexibility index (Phi) is 8.78. The maximum absolute atomic E-state index is 13.9. The number of Topliss-reactive ketones (excluding diaryl/α,β-unsaturated/α-hetero) is 1. The number of nitrogens with one attached hydrogen (secondary N) is 1. The summed E-state index contributed by atoms with van der Waals surface area (Å²) in [6, 6.07) is -1.24. The normalized spacial score (nSPS) is 24.8. The number of hydrogen-bond donors (Lipinski definition) is 3. The second-order valence-electron chi connectivity index (χ2n) is 12.5. The van der Waals surface area contributed by atoms with Gasteiger partial charge in [0.1, 0.15) is 17.2 Å². The van der Waals surface area contributed by atoms with Gasteiger partial charge in [0.15, 0.2) is 0 Å². The molecule has 0 bridgehead atoms. The summed E-state index contributed by atoms with van der Waals surface area (Å²) in [7, 11) is 0. The number of nitrogens with zero attached hydrogens (tertiary/aromatic N) is 4. The summed E-state index contributed by atoms with van der Waals surface area (Å²) in [5.74, 6) is -2.17. The number of nitrogens with two attached hydrogens (primary N) is 1. The highest BCUT2D eigenvalue weighted by molar-refractivity contribution is 6.39. The zero-order valence-electron chi connectivity index (χ0n) is 23.5. The molecule has 11 heteroatoms. The van der Waals surface area contributed by atoms with Crippen LogP contribution >= 0.6 is 0 Å². The molecule has 0 radical (unpaired) electrons. The van der Waals surface area contributed by atoms with Crippen LogP contribution in [0.15, 0.2) is 6.20 Å². The fraction of sp³-hybridized carbons (Fsp3) is 0.786. The molecule has 4 N–H and O–H groups in total. The average Bonchev–Trinajstić information content (AvgIpc) is 3.56. The highest BCUT2D eigenvalue weighted by atomic mass is 16.3. The summed E-state index contributed by atoms with van der Waals surface area (Å²) in [5, 5.41) is 21.7. The maximum atomic E-state index is 13.9. The largest absolute Gasteiger partial charge is 0.384 e. The fourth-order valence-electron chi connectivity index (χ4n) is 6.86. The molecule has 1 aliphatic heterocycles. The second kappa shape index (κ2) is 11.7. The number of rotatable bonds is 9. The number of aliphatic hydroxyl groups is 1. The van der Waals surface area contributed by atoms with Crippen molar-refractivity contribution in [3.05, 3.63) is 11.9 Å². The minimum atomic E-state index is -1.34. The zero-order chi connectivity index (χ0) is 28.4. The van der Waals surface area contributed by atoms with Gasteiger partial charge in [-0.25, -0.2) is 4.68 Å². The molecule has 216 valence electrons. The van der Waals surface area contributed by atoms with E-state index in [1.807, 2.05) is 6.92 Å². The Morgan fingerprint density at radius 1 is 1.13 bits per heavy atom. The smallest absolute Gasteiger partial charge is 0.287 e. The molecule has 1 aromatic heterocycles. The molecule has 2 saturated carbocycles. The molecule has 1 saturated heterocycles. The highest BCUT2D eigenvalue weighted by Gasteiger charge is 2.48. The van der Waals surface area contributed by atoms with Gasteiger partial charge in [0.05, 0.1) is 17.9 Å². The molecular formula is C28H44N6O5. The van der Waals surface area contributed by atoms with Crippen molar-refractivity contribution in [2.75, 3.05) is 6.54 Å². The van der Waals surface area contributed by atoms with E-state index >= 15 is 0 Å². The van der Waals surface area contributed by atoms with Crippen molar-refractivity contribution in [1.29, 1.82) is 0 Å². The van der Waals surface area contributed by atoms with E-state index in [0.717, 1.165) is 25.7 Å². The van der Waals surface area contributed by atoms with Crippen LogP contribution < -0.4 is 11.1 Å². The van der Waals surface area contributed by atoms with Gasteiger partial charge in [-0.15, -0.1) is 5.10 Å². The summed E-state index contributed by atoms with van der Waals surface area (Å²) in [5.41, 5.74) is 3.32. The van der Waals surface area contributed by atoms with Gasteiger partial charge in [-0.05, 0) is 39.0 Å². The number of likely N-dealkylation sites (tertiary alicyclic amines) is 1. The minimum Gasteiger partial charge on any atom is -0.384 e. The fourth-order valence-corrected chi connectivity index (χ4v) is 6.86. The van der Waals surface area contributed by atoms with Crippen molar-refractivity contribution in [1.82, 2.24) is 25.2 Å². The Hall–Kier alpha value is -2.82. The SMILES string of the molecule is C[C@H](CC1CCCCC1)C(=O)N1C[C@@H](n2nncc2C(C)(C)O)C[C@H]1C(=O)NC1(C(=O)C(N)=O)CCCCC1. The zero-order valence-corrected chi connectivity index (χ0v) is 23.5. The average molecular weight is 545 g/mol. The quantitative estimate of drug-likeness (QED) is 0.401. The van der Waals surface area contributed by atoms with Crippen LogP contribution in [0.1, 0.15) is 110 Å². The number of aromatic nitrogens is 3. The Morgan fingerprint density at radius 2 is 1.77 bits per heavy atom. The van der Waals surface area contributed by atoms with Crippen LogP contribution in [0.5, 0.6) is 0 Å². The van der Waals surface area contributed by atoms with Crippen LogP contribution in [-0.4, -0.2) is 66.6 Å². The van der Waals surface area contributed by atoms with Crippen molar-refractivity contribution in [2.45, 2.75) is 121 Å². The lowest BCUT2D eigenvalue weighted by atomic mass is 9.78. The molecule has 3 atom stereocenters. The van der Waals surface area contributed by atoms with E-state index in [1.165, 1.54) is 25.5 Å². The van der Waals surface area contributed by atoms with Crippen LogP contribution in [-0.2, 0) is 24.8 Å². The van der Waals surface area contributed by atoms with Gasteiger partial charge in [0.25, 0.3) is 5.91 Å². The van der Waals surface area contributed by atoms with Crippen molar-refractivity contribution in [2.24, 2.45) is 17.6 Å². The van der Waals surface area contributed by atoms with E-state index in [2.05, 4.69) is 15.6 Å². The van der Waals surface area contributed by atoms with Crippen molar-refractivity contribution >= 4 is 23.5 Å². The topological polar surface area (TPSA) is 161 Å². The lowest BCUT2D eigenvalue weighted by Crippen LogP contribution is -2.62. The van der Waals surface area contributed by atoms with Gasteiger partial charge in [-0.2, -0.15) is 0 Å². The molecule has 39 heavy (non-hydrogen) atoms. The van der Waals surface area contributed by atoms with E-state index in [-0.39, 0.29) is 30.8 Å². The number of ketones is 1. The third kappa shape index (κ3) is 6.34. The van der Waals surface area contributed by atoms with Crippen LogP contribution in [0, 0.1) is 11.8 Å². The molecule has 2 heterocycles. The first-order valence-electron chi connectivity index (χ1n) is 14.5. The minimum absolute atomic E-state index is 0.105. The number of carbonyl (C=O) groups is 4. The first-order chi connectivity index (χ1) is 18.4. The van der Waals surface area contributed by atoms with E-state index in [0.29, 0.717) is 37.3 Å². The number of carbonyl (C=O) groups excluding carboxylic acids is 4. The van der Waals surface area contributed by atoms with E-state index in [9.17, 15) is 24.3 Å². The lowest BCUT2D eigenvalue weighted by molar-refractivity contribution is -0.146. The highest BCUT2D eigenvalue weighted by Crippen LogP contribution is 2.36. The molecule has 0 unspecified atom stereocenters. The summed E-state index contributed by atoms with van der Waals surface area (Å²) in [4.78, 5) is 54.1. The molecule has 1 aromatic rings. The van der Waals surface area contributed by atoms with Gasteiger partial charge in [-0.3, -0.25) is 19.2 Å². The van der Waals surface area contributed by atoms with Gasteiger partial charge in [0.2, 0.25) is 17.6 Å². The molecule has 4 rings (SSSR count). The van der Waals surface area contributed by atoms with Gasteiger partial charge >= 0.3 is 0 Å². The molecule has 0 spiro atoms. The molecule has 3 aliphatic rings. The molecule has 3 fully saturated rings. The van der Waals surface area contributed by atoms with Gasteiger partial charge in [-0.1, -0.05) is 63.5 Å². The molecule has 11 nitrogen and oxygen atoms in total. The maximum Gasteiger partial charge on any atom is 0.287 e. The van der Waals surface area contributed by atoms with E-state index in [4.69, 9.17) is 5.73 Å². The van der Waals surface area contributed by atoms with Gasteiger partial charge < -0.3 is 21.1 Å². The second-order valence-corrected chi connectivity index (χ2v) is 12.5. The first kappa shape index (κ1) is 29.2. The molecular weight excluding hydrogens is 500 g/mol. The summed E-state index contributed by atoms with van der Waals surface area (Å²) < 4.78 is 1.60. The third-order valence-corrected chi connectivity index (χ3v) is 8.97. The summed E-state index contributed by atoms with van der Waals surface area (Å²) in [6.45, 7) is 5.43. The van der Waals surface area contributed by atoms with E-state index < -0.39 is 34.8 Å². The predicted molar refractivity (Wildman–Crippen MR) is 143 cm³/mol. The number of primary amides is 1. The standard InChI is InChI=1S/C28H44N6O5/c1-18(14-19-10-6-4-7-11-19)26(38)33-17-20(34-22(16-30-32-34)27(2,3)39)15-21(33)25(37)31-28(23(35)24(29)36)12-8-5-9-13-28/h16,18-21,39H,4-15,17H2,1-3H3,(H2,29,36)(H,31,37)/t18-,20+,21+/m1/s1. The Labute approximate surface area is 230 Å². The lowest BCUT2D eigenvalue weighted by Gasteiger charge is -2.37. The Balaban J connectivity index is 1.60. The van der Waals surface area contributed by atoms with Crippen LogP contribution in [0.25, 0.3) is 0 Å². The molecule has 0 aromatic carbocycles. The Morgan fingerprint density at radius 3 is 2.38 bits per heavy atom.